The number of unbranched alkanes of at least 4 members (excludes halogenated alkanes) is 24. The molecule has 3 heterocycles. The predicted octanol–water partition coefficient (Wildman–Crippen LogP) is 9.10. The van der Waals surface area contributed by atoms with E-state index in [1.165, 1.54) is 122 Å². The maximum atomic E-state index is 13.4. The van der Waals surface area contributed by atoms with Gasteiger partial charge in [-0.2, -0.15) is 0 Å². The normalized spacial score (nSPS) is 28.6. The largest absolute Gasteiger partial charge is 0.394 e. The highest BCUT2D eigenvalue weighted by Crippen LogP contribution is 2.33. The number of aliphatic hydroxyl groups is 11. The van der Waals surface area contributed by atoms with Crippen LogP contribution in [-0.4, -0.2) is 193 Å². The lowest BCUT2D eigenvalue weighted by atomic mass is 9.96. The number of rotatable bonds is 52. The molecule has 3 aliphatic rings. The van der Waals surface area contributed by atoms with Gasteiger partial charge in [0.15, 0.2) is 18.9 Å². The van der Waals surface area contributed by atoms with Crippen LogP contribution in [0.2, 0.25) is 0 Å². The molecule has 0 aromatic heterocycles. The quantitative estimate of drug-likeness (QED) is 0.0200. The molecular weight excluding hydrogens is 1150 g/mol. The summed E-state index contributed by atoms with van der Waals surface area (Å²) in [5, 5.41) is 120. The number of carbonyl (C=O) groups excluding carboxylic acids is 1. The van der Waals surface area contributed by atoms with E-state index in [9.17, 15) is 61.0 Å². The van der Waals surface area contributed by atoms with Crippen molar-refractivity contribution in [2.24, 2.45) is 0 Å². The first-order valence-corrected chi connectivity index (χ1v) is 34.8. The molecular formula is C71H123NO18. The van der Waals surface area contributed by atoms with Gasteiger partial charge in [-0.15, -0.1) is 0 Å². The van der Waals surface area contributed by atoms with Crippen LogP contribution < -0.4 is 5.32 Å². The molecule has 3 rings (SSSR count). The van der Waals surface area contributed by atoms with Gasteiger partial charge in [0.2, 0.25) is 5.91 Å². The second-order valence-electron chi connectivity index (χ2n) is 24.6. The Labute approximate surface area is 540 Å². The van der Waals surface area contributed by atoms with E-state index in [1.807, 2.05) is 6.08 Å². The lowest BCUT2D eigenvalue weighted by Gasteiger charge is -2.48. The number of amides is 1. The minimum atomic E-state index is -1.98. The van der Waals surface area contributed by atoms with E-state index in [-0.39, 0.29) is 18.9 Å². The van der Waals surface area contributed by atoms with Crippen LogP contribution in [0.4, 0.5) is 0 Å². The van der Waals surface area contributed by atoms with Crippen molar-refractivity contribution in [2.45, 2.75) is 330 Å². The molecule has 0 spiro atoms. The highest BCUT2D eigenvalue weighted by Gasteiger charge is 2.53. The Bertz CT molecular complexity index is 1960. The van der Waals surface area contributed by atoms with Crippen molar-refractivity contribution < 1.29 is 89.4 Å². The average molecular weight is 1280 g/mol. The SMILES string of the molecule is CC/C=C\C/C=C\C/C=C\C/C=C\C/C=C\CCCCCCCCCCCCCCCCCCCC(=O)NC(COC1OC(CO)C(OC2OC(CO)C(OC3OC(CO)C(O)C(O)C3O)C(O)C2O)C(O)C1O)C(O)/C=C/CC/C=C/CCCCCCCC. The minimum absolute atomic E-state index is 0.233. The molecule has 1 amide bonds. The maximum Gasteiger partial charge on any atom is 0.220 e. The summed E-state index contributed by atoms with van der Waals surface area (Å²) in [4.78, 5) is 13.4. The van der Waals surface area contributed by atoms with E-state index in [0.29, 0.717) is 12.8 Å². The molecule has 17 unspecified atom stereocenters. The molecule has 0 saturated carbocycles. The molecule has 19 nitrogen and oxygen atoms in total. The van der Waals surface area contributed by atoms with E-state index in [4.69, 9.17) is 28.4 Å². The molecule has 19 heteroatoms. The monoisotopic (exact) mass is 1280 g/mol. The summed E-state index contributed by atoms with van der Waals surface area (Å²) in [6.45, 7) is 1.57. The Kier molecular flexibility index (Phi) is 47.2. The van der Waals surface area contributed by atoms with Crippen molar-refractivity contribution in [3.05, 3.63) is 85.1 Å². The van der Waals surface area contributed by atoms with Crippen LogP contribution >= 0.6 is 0 Å². The summed E-state index contributed by atoms with van der Waals surface area (Å²) in [7, 11) is 0. The number of hydrogen-bond acceptors (Lipinski definition) is 18. The maximum absolute atomic E-state index is 13.4. The number of allylic oxidation sites excluding steroid dienone is 13. The van der Waals surface area contributed by atoms with Crippen LogP contribution in [-0.2, 0) is 33.2 Å². The van der Waals surface area contributed by atoms with E-state index in [0.717, 1.165) is 70.6 Å². The van der Waals surface area contributed by atoms with Gasteiger partial charge in [0.05, 0.1) is 38.6 Å². The molecule has 0 aliphatic carbocycles. The zero-order valence-electron chi connectivity index (χ0n) is 54.8. The number of hydrogen-bond donors (Lipinski definition) is 12. The van der Waals surface area contributed by atoms with Gasteiger partial charge < -0.3 is 89.9 Å². The smallest absolute Gasteiger partial charge is 0.220 e. The predicted molar refractivity (Wildman–Crippen MR) is 351 cm³/mol. The first kappa shape index (κ1) is 81.2. The third-order valence-electron chi connectivity index (χ3n) is 16.9. The molecule has 12 N–H and O–H groups in total. The fourth-order valence-electron chi connectivity index (χ4n) is 11.3. The van der Waals surface area contributed by atoms with Crippen molar-refractivity contribution in [3.8, 4) is 0 Å². The van der Waals surface area contributed by atoms with Crippen LogP contribution in [0.1, 0.15) is 226 Å². The zero-order valence-corrected chi connectivity index (χ0v) is 54.8. The summed E-state index contributed by atoms with van der Waals surface area (Å²) in [5.41, 5.74) is 0. The molecule has 3 aliphatic heterocycles. The number of ether oxygens (including phenoxy) is 6. The summed E-state index contributed by atoms with van der Waals surface area (Å²) in [5.74, 6) is -0.288. The Hall–Kier alpha value is -3.03. The molecule has 0 aromatic rings. The van der Waals surface area contributed by atoms with Gasteiger partial charge in [0.25, 0.3) is 0 Å². The molecule has 0 bridgehead atoms. The molecule has 17 atom stereocenters. The number of nitrogens with one attached hydrogen (secondary N) is 1. The highest BCUT2D eigenvalue weighted by molar-refractivity contribution is 5.76. The summed E-state index contributed by atoms with van der Waals surface area (Å²) in [6, 6.07) is -0.992. The number of carbonyl (C=O) groups is 1. The number of aliphatic hydroxyl groups excluding tert-OH is 11. The fourth-order valence-corrected chi connectivity index (χ4v) is 11.3. The highest BCUT2D eigenvalue weighted by atomic mass is 16.8. The third-order valence-corrected chi connectivity index (χ3v) is 16.9. The molecule has 3 fully saturated rings. The fraction of sp³-hybridized carbons (Fsp3) is 0.789. The van der Waals surface area contributed by atoms with E-state index < -0.39 is 124 Å². The summed E-state index contributed by atoms with van der Waals surface area (Å²) >= 11 is 0. The van der Waals surface area contributed by atoms with Crippen LogP contribution in [0.3, 0.4) is 0 Å². The van der Waals surface area contributed by atoms with Gasteiger partial charge >= 0.3 is 0 Å². The van der Waals surface area contributed by atoms with Crippen molar-refractivity contribution in [1.29, 1.82) is 0 Å². The van der Waals surface area contributed by atoms with Gasteiger partial charge in [-0.05, 0) is 77.0 Å². The van der Waals surface area contributed by atoms with Crippen molar-refractivity contribution in [3.63, 3.8) is 0 Å². The van der Waals surface area contributed by atoms with Crippen LogP contribution in [0, 0.1) is 0 Å². The first-order chi connectivity index (χ1) is 43.8. The molecule has 0 radical (unpaired) electrons. The third kappa shape index (κ3) is 33.9. The zero-order chi connectivity index (χ0) is 65.4. The Morgan fingerprint density at radius 1 is 0.411 bits per heavy atom. The van der Waals surface area contributed by atoms with Crippen molar-refractivity contribution >= 4 is 5.91 Å². The second kappa shape index (κ2) is 52.3. The van der Waals surface area contributed by atoms with E-state index >= 15 is 0 Å². The van der Waals surface area contributed by atoms with Crippen molar-refractivity contribution in [2.75, 3.05) is 26.4 Å². The van der Waals surface area contributed by atoms with Crippen LogP contribution in [0.15, 0.2) is 85.1 Å². The lowest BCUT2D eigenvalue weighted by molar-refractivity contribution is -0.379. The lowest BCUT2D eigenvalue weighted by Crippen LogP contribution is -2.66. The molecule has 520 valence electrons. The van der Waals surface area contributed by atoms with Gasteiger partial charge in [-0.3, -0.25) is 4.79 Å². The van der Waals surface area contributed by atoms with Crippen LogP contribution in [0.5, 0.6) is 0 Å². The molecule has 90 heavy (non-hydrogen) atoms. The Morgan fingerprint density at radius 2 is 0.778 bits per heavy atom. The Morgan fingerprint density at radius 3 is 1.24 bits per heavy atom. The van der Waals surface area contributed by atoms with Crippen molar-refractivity contribution in [1.82, 2.24) is 5.32 Å². The van der Waals surface area contributed by atoms with Gasteiger partial charge in [-0.1, -0.05) is 227 Å². The summed E-state index contributed by atoms with van der Waals surface area (Å²) in [6.07, 6.45) is 40.1. The molecule has 0 aromatic carbocycles. The van der Waals surface area contributed by atoms with E-state index in [2.05, 4.69) is 92.1 Å². The van der Waals surface area contributed by atoms with Gasteiger partial charge in [0.1, 0.15) is 73.2 Å². The minimum Gasteiger partial charge on any atom is -0.394 e. The van der Waals surface area contributed by atoms with Gasteiger partial charge in [-0.25, -0.2) is 0 Å². The topological polar surface area (TPSA) is 307 Å². The molecule has 3 saturated heterocycles. The first-order valence-electron chi connectivity index (χ1n) is 34.8. The summed E-state index contributed by atoms with van der Waals surface area (Å²) < 4.78 is 34.3. The van der Waals surface area contributed by atoms with Crippen LogP contribution in [0.25, 0.3) is 0 Å². The standard InChI is InChI=1S/C71H123NO18/c1-3-5-7-9-11-13-15-17-18-19-20-21-22-23-24-25-26-27-28-29-30-31-32-33-34-35-36-37-39-41-43-45-47-49-59(77)72-54(55(76)48-46-44-42-40-38-16-14-12-10-8-6-4-2)53-85-69-65(83)62(80)67(57(51-74)87-69)90-71-66(84)63(81)68(58(52-75)88-71)89-70-64(82)61(79)60(78)56(50-73)86-70/h5,7,11,13,17-18,20-21,23-24,38,40,46,48,54-58,60-71,73-76,78-84H,3-4,6,8-10,12,14-16,19,22,25-37,39,41-45,47,49-53H2,1-2H3,(H,72,77)/b7-5-,13-11-,18-17-,21-20-,24-23-,40-38+,48-46+. The van der Waals surface area contributed by atoms with E-state index in [1.54, 1.807) is 6.08 Å². The van der Waals surface area contributed by atoms with Gasteiger partial charge in [0, 0.05) is 6.42 Å². The average Bonchev–Trinajstić information content (AvgIpc) is 0.864. The second-order valence-corrected chi connectivity index (χ2v) is 24.6. The Balaban J connectivity index is 1.36.